The van der Waals surface area contributed by atoms with Crippen LogP contribution in [0, 0.1) is 0 Å². The molecular weight excluding hydrogens is 302 g/mol. The van der Waals surface area contributed by atoms with Crippen LogP contribution in [0.2, 0.25) is 0 Å². The number of carbonyl (C=O) groups excluding carboxylic acids is 2. The number of aliphatic hydroxyl groups excluding tert-OH is 1. The van der Waals surface area contributed by atoms with Crippen LogP contribution in [-0.2, 0) is 9.53 Å². The highest BCUT2D eigenvalue weighted by molar-refractivity contribution is 5.87. The number of hydrogen-bond acceptors (Lipinski definition) is 6. The molecule has 1 heterocycles. The highest BCUT2D eigenvalue weighted by Crippen LogP contribution is 2.27. The zero-order chi connectivity index (χ0) is 17.8. The SMILES string of the molecule is C=CC(O)N(N1CCN(CC)C1=O)C(O)(CC)OC(=O)C(=C)C. The summed E-state index contributed by atoms with van der Waals surface area (Å²) in [5, 5.41) is 23.0. The zero-order valence-electron chi connectivity index (χ0n) is 13.9. The molecule has 23 heavy (non-hydrogen) atoms. The normalized spacial score (nSPS) is 18.8. The van der Waals surface area contributed by atoms with Gasteiger partial charge in [0.15, 0.2) is 0 Å². The standard InChI is InChI=1S/C15H25N3O5/c1-6-12(19)18(17-10-9-16(8-3)14(17)21)15(22,7-2)23-13(20)11(4)5/h6,12,19,22H,1,4,7-10H2,2-3,5H3. The van der Waals surface area contributed by atoms with Gasteiger partial charge in [-0.1, -0.05) is 20.1 Å². The lowest BCUT2D eigenvalue weighted by atomic mass is 10.3. The van der Waals surface area contributed by atoms with Gasteiger partial charge in [0.25, 0.3) is 5.91 Å². The van der Waals surface area contributed by atoms with Gasteiger partial charge in [0.2, 0.25) is 0 Å². The lowest BCUT2D eigenvalue weighted by Crippen LogP contribution is -2.63. The fraction of sp³-hybridized carbons (Fsp3) is 0.600. The molecular formula is C15H25N3O5. The van der Waals surface area contributed by atoms with E-state index in [2.05, 4.69) is 13.2 Å². The van der Waals surface area contributed by atoms with Gasteiger partial charge in [-0.25, -0.2) is 14.6 Å². The van der Waals surface area contributed by atoms with E-state index in [1.807, 2.05) is 6.92 Å². The third kappa shape index (κ3) is 3.90. The van der Waals surface area contributed by atoms with Crippen LogP contribution in [0.15, 0.2) is 24.8 Å². The van der Waals surface area contributed by atoms with Crippen molar-refractivity contribution >= 4 is 12.0 Å². The van der Waals surface area contributed by atoms with E-state index in [1.54, 1.807) is 11.8 Å². The molecule has 1 aliphatic heterocycles. The molecule has 130 valence electrons. The van der Waals surface area contributed by atoms with Crippen LogP contribution < -0.4 is 0 Å². The third-order valence-electron chi connectivity index (χ3n) is 3.60. The second kappa shape index (κ2) is 7.58. The van der Waals surface area contributed by atoms with E-state index in [0.717, 1.165) is 16.1 Å². The highest BCUT2D eigenvalue weighted by Gasteiger charge is 2.48. The lowest BCUT2D eigenvalue weighted by Gasteiger charge is -2.43. The van der Waals surface area contributed by atoms with E-state index in [4.69, 9.17) is 4.74 Å². The number of urea groups is 1. The minimum absolute atomic E-state index is 0.0766. The summed E-state index contributed by atoms with van der Waals surface area (Å²) in [5.41, 5.74) is 0.0906. The molecule has 1 rings (SSSR count). The van der Waals surface area contributed by atoms with E-state index in [0.29, 0.717) is 13.1 Å². The number of aliphatic hydroxyl groups is 2. The molecule has 1 aliphatic rings. The smallest absolute Gasteiger partial charge is 0.336 e. The Hall–Kier alpha value is -1.90. The van der Waals surface area contributed by atoms with Crippen molar-refractivity contribution in [2.24, 2.45) is 0 Å². The number of carbonyl (C=O) groups is 2. The zero-order valence-corrected chi connectivity index (χ0v) is 13.9. The van der Waals surface area contributed by atoms with E-state index < -0.39 is 24.1 Å². The van der Waals surface area contributed by atoms with Crippen LogP contribution in [0.4, 0.5) is 4.79 Å². The number of rotatable bonds is 8. The fourth-order valence-electron chi connectivity index (χ4n) is 2.22. The predicted octanol–water partition coefficient (Wildman–Crippen LogP) is 0.641. The quantitative estimate of drug-likeness (QED) is 0.294. The average Bonchev–Trinajstić information content (AvgIpc) is 2.87. The molecule has 0 aromatic heterocycles. The monoisotopic (exact) mass is 327 g/mol. The first-order chi connectivity index (χ1) is 10.7. The van der Waals surface area contributed by atoms with E-state index in [1.165, 1.54) is 6.92 Å². The number of hydrazine groups is 1. The van der Waals surface area contributed by atoms with Crippen LogP contribution in [0.1, 0.15) is 27.2 Å². The summed E-state index contributed by atoms with van der Waals surface area (Å²) >= 11 is 0. The summed E-state index contributed by atoms with van der Waals surface area (Å²) in [4.78, 5) is 25.7. The Morgan fingerprint density at radius 2 is 2.13 bits per heavy atom. The van der Waals surface area contributed by atoms with Crippen LogP contribution in [0.25, 0.3) is 0 Å². The number of nitrogens with zero attached hydrogens (tertiary/aromatic N) is 3. The molecule has 0 spiro atoms. The molecule has 0 radical (unpaired) electrons. The maximum Gasteiger partial charge on any atom is 0.336 e. The van der Waals surface area contributed by atoms with Gasteiger partial charge in [-0.05, 0) is 19.9 Å². The van der Waals surface area contributed by atoms with Crippen molar-refractivity contribution in [1.29, 1.82) is 0 Å². The average molecular weight is 327 g/mol. The van der Waals surface area contributed by atoms with E-state index >= 15 is 0 Å². The third-order valence-corrected chi connectivity index (χ3v) is 3.60. The van der Waals surface area contributed by atoms with Gasteiger partial charge < -0.3 is 19.8 Å². The molecule has 1 fully saturated rings. The first-order valence-corrected chi connectivity index (χ1v) is 7.49. The topological polar surface area (TPSA) is 93.6 Å². The highest BCUT2D eigenvalue weighted by atomic mass is 16.7. The molecule has 0 saturated carbocycles. The second-order valence-electron chi connectivity index (χ2n) is 5.25. The van der Waals surface area contributed by atoms with Crippen molar-refractivity contribution < 1.29 is 24.5 Å². The molecule has 0 bridgehead atoms. The van der Waals surface area contributed by atoms with Crippen molar-refractivity contribution in [2.75, 3.05) is 19.6 Å². The van der Waals surface area contributed by atoms with Gasteiger partial charge in [0.1, 0.15) is 6.23 Å². The number of amides is 2. The Balaban J connectivity index is 3.18. The summed E-state index contributed by atoms with van der Waals surface area (Å²) in [5.74, 6) is -3.03. The first kappa shape index (κ1) is 19.1. The molecule has 8 nitrogen and oxygen atoms in total. The van der Waals surface area contributed by atoms with Gasteiger partial charge >= 0.3 is 12.0 Å². The molecule has 0 aliphatic carbocycles. The summed E-state index contributed by atoms with van der Waals surface area (Å²) in [6, 6.07) is -0.397. The van der Waals surface area contributed by atoms with Gasteiger partial charge in [-0.15, -0.1) is 5.01 Å². The number of ether oxygens (including phenoxy) is 1. The summed E-state index contributed by atoms with van der Waals surface area (Å²) < 4.78 is 5.09. The number of hydrogen-bond donors (Lipinski definition) is 2. The van der Waals surface area contributed by atoms with Gasteiger partial charge in [-0.2, -0.15) is 0 Å². The Labute approximate surface area is 136 Å². The van der Waals surface area contributed by atoms with Crippen LogP contribution in [0.3, 0.4) is 0 Å². The minimum atomic E-state index is -2.21. The van der Waals surface area contributed by atoms with Crippen LogP contribution in [-0.4, -0.2) is 68.9 Å². The first-order valence-electron chi connectivity index (χ1n) is 7.49. The van der Waals surface area contributed by atoms with Gasteiger partial charge in [-0.3, -0.25) is 0 Å². The van der Waals surface area contributed by atoms with E-state index in [9.17, 15) is 19.8 Å². The predicted molar refractivity (Wildman–Crippen MR) is 83.5 cm³/mol. The molecule has 0 aromatic carbocycles. The number of likely N-dealkylation sites (N-methyl/N-ethyl adjacent to an activating group) is 1. The Morgan fingerprint density at radius 3 is 2.52 bits per heavy atom. The summed E-state index contributed by atoms with van der Waals surface area (Å²) in [6.07, 6.45) is -0.358. The second-order valence-corrected chi connectivity index (χ2v) is 5.25. The number of esters is 1. The van der Waals surface area contributed by atoms with Crippen LogP contribution >= 0.6 is 0 Å². The molecule has 2 atom stereocenters. The van der Waals surface area contributed by atoms with Crippen molar-refractivity contribution in [1.82, 2.24) is 14.9 Å². The molecule has 2 unspecified atom stereocenters. The lowest BCUT2D eigenvalue weighted by molar-refractivity contribution is -0.344. The van der Waals surface area contributed by atoms with Gasteiger partial charge in [0, 0.05) is 25.1 Å². The summed E-state index contributed by atoms with van der Waals surface area (Å²) in [7, 11) is 0. The van der Waals surface area contributed by atoms with Gasteiger partial charge in [0.05, 0.1) is 6.54 Å². The maximum atomic E-state index is 12.4. The Bertz CT molecular complexity index is 496. The Kier molecular flexibility index (Phi) is 6.31. The van der Waals surface area contributed by atoms with Crippen molar-refractivity contribution in [3.8, 4) is 0 Å². The fourth-order valence-corrected chi connectivity index (χ4v) is 2.22. The maximum absolute atomic E-state index is 12.4. The molecule has 1 saturated heterocycles. The van der Waals surface area contributed by atoms with Crippen LogP contribution in [0.5, 0.6) is 0 Å². The van der Waals surface area contributed by atoms with Crippen molar-refractivity contribution in [3.05, 3.63) is 24.8 Å². The molecule has 8 heteroatoms. The van der Waals surface area contributed by atoms with Crippen molar-refractivity contribution in [2.45, 2.75) is 39.3 Å². The summed E-state index contributed by atoms with van der Waals surface area (Å²) in [6.45, 7) is 12.9. The Morgan fingerprint density at radius 1 is 1.52 bits per heavy atom. The minimum Gasteiger partial charge on any atom is -0.414 e. The molecule has 0 aromatic rings. The molecule has 2 N–H and O–H groups in total. The van der Waals surface area contributed by atoms with Crippen molar-refractivity contribution in [3.63, 3.8) is 0 Å². The van der Waals surface area contributed by atoms with E-state index in [-0.39, 0.29) is 18.5 Å². The molecule has 2 amide bonds. The largest absolute Gasteiger partial charge is 0.414 e.